The fourth-order valence-corrected chi connectivity index (χ4v) is 4.39. The van der Waals surface area contributed by atoms with Crippen LogP contribution in [0, 0.1) is 11.8 Å². The van der Waals surface area contributed by atoms with Crippen LogP contribution in [0.2, 0.25) is 0 Å². The van der Waals surface area contributed by atoms with Gasteiger partial charge in [0, 0.05) is 31.5 Å². The van der Waals surface area contributed by atoms with E-state index < -0.39 is 17.7 Å². The normalized spacial score (nSPS) is 27.5. The number of rotatable bonds is 11. The fourth-order valence-electron chi connectivity index (χ4n) is 4.39. The van der Waals surface area contributed by atoms with E-state index in [4.69, 9.17) is 9.47 Å². The van der Waals surface area contributed by atoms with Crippen molar-refractivity contribution in [3.05, 3.63) is 0 Å². The molecule has 2 rings (SSSR count). The van der Waals surface area contributed by atoms with Crippen LogP contribution in [0.15, 0.2) is 0 Å². The number of nitrogens with zero attached hydrogens (tertiary/aromatic N) is 1. The Hall–Kier alpha value is -1.12. The van der Waals surface area contributed by atoms with Crippen LogP contribution in [0.3, 0.4) is 0 Å². The molecule has 0 aromatic carbocycles. The van der Waals surface area contributed by atoms with Gasteiger partial charge in [-0.3, -0.25) is 14.5 Å². The zero-order valence-corrected chi connectivity index (χ0v) is 17.8. The van der Waals surface area contributed by atoms with Crippen LogP contribution < -0.4 is 5.32 Å². The number of ketones is 1. The number of amides is 1. The molecule has 1 saturated heterocycles. The van der Waals surface area contributed by atoms with Crippen molar-refractivity contribution in [2.75, 3.05) is 46.1 Å². The van der Waals surface area contributed by atoms with E-state index in [1.807, 2.05) is 18.7 Å². The topological polar surface area (TPSA) is 67.9 Å². The molecule has 1 aliphatic heterocycles. The number of Topliss-reactive ketones (excluding diaryl/α,β-unsaturated/α-hetero) is 1. The lowest BCUT2D eigenvalue weighted by Gasteiger charge is -2.43. The van der Waals surface area contributed by atoms with Crippen molar-refractivity contribution < 1.29 is 27.8 Å². The Labute approximate surface area is 172 Å². The summed E-state index contributed by atoms with van der Waals surface area (Å²) in [5.74, 6) is -4.56. The Morgan fingerprint density at radius 3 is 2.34 bits per heavy atom. The number of piperidine rings is 1. The summed E-state index contributed by atoms with van der Waals surface area (Å²) in [6.45, 7) is 5.90. The molecule has 1 saturated carbocycles. The van der Waals surface area contributed by atoms with Crippen molar-refractivity contribution in [2.24, 2.45) is 11.8 Å². The van der Waals surface area contributed by atoms with Crippen LogP contribution in [-0.4, -0.2) is 74.6 Å². The van der Waals surface area contributed by atoms with Gasteiger partial charge in [0.25, 0.3) is 5.92 Å². The first kappa shape index (κ1) is 24.2. The average molecular weight is 419 g/mol. The van der Waals surface area contributed by atoms with Crippen molar-refractivity contribution in [1.29, 1.82) is 0 Å². The van der Waals surface area contributed by atoms with Gasteiger partial charge in [-0.25, -0.2) is 8.78 Å². The minimum absolute atomic E-state index is 0.0875. The van der Waals surface area contributed by atoms with Gasteiger partial charge in [-0.05, 0) is 45.6 Å². The molecule has 0 aromatic rings. The second-order valence-electron chi connectivity index (χ2n) is 8.00. The number of hydrogen-bond donors (Lipinski definition) is 1. The van der Waals surface area contributed by atoms with E-state index >= 15 is 0 Å². The number of nitrogens with one attached hydrogen (secondary N) is 1. The van der Waals surface area contributed by atoms with E-state index in [1.165, 1.54) is 0 Å². The van der Waals surface area contributed by atoms with Crippen molar-refractivity contribution >= 4 is 11.7 Å². The number of carbonyl (C=O) groups is 2. The summed E-state index contributed by atoms with van der Waals surface area (Å²) in [5.41, 5.74) is 0. The highest BCUT2D eigenvalue weighted by Crippen LogP contribution is 2.37. The van der Waals surface area contributed by atoms with Gasteiger partial charge in [0.15, 0.2) is 0 Å². The lowest BCUT2D eigenvalue weighted by atomic mass is 9.81. The van der Waals surface area contributed by atoms with Crippen molar-refractivity contribution in [1.82, 2.24) is 10.2 Å². The van der Waals surface area contributed by atoms with Gasteiger partial charge in [-0.1, -0.05) is 6.92 Å². The standard InChI is InChI=1S/C21H36F2N2O4/c1-3-19(26)16-5-7-17(8-6-16)25-11-9-18(21(22,23)15-25)20(27)24-10-12-29-14-13-28-4-2/h16-18H,3-15H2,1-2H3,(H,24,27). The molecule has 8 heteroatoms. The van der Waals surface area contributed by atoms with Gasteiger partial charge < -0.3 is 14.8 Å². The maximum absolute atomic E-state index is 14.7. The van der Waals surface area contributed by atoms with E-state index in [9.17, 15) is 18.4 Å². The van der Waals surface area contributed by atoms with Crippen LogP contribution in [0.5, 0.6) is 0 Å². The van der Waals surface area contributed by atoms with Crippen LogP contribution in [0.4, 0.5) is 8.78 Å². The molecule has 1 aliphatic carbocycles. The highest BCUT2D eigenvalue weighted by Gasteiger charge is 2.49. The number of halogens is 2. The molecule has 0 bridgehead atoms. The predicted octanol–water partition coefficient (Wildman–Crippen LogP) is 2.65. The molecule has 1 atom stereocenters. The van der Waals surface area contributed by atoms with Gasteiger partial charge in [-0.15, -0.1) is 0 Å². The molecular weight excluding hydrogens is 382 g/mol. The van der Waals surface area contributed by atoms with Crippen LogP contribution in [-0.2, 0) is 19.1 Å². The van der Waals surface area contributed by atoms with E-state index in [-0.39, 0.29) is 43.9 Å². The van der Waals surface area contributed by atoms with Gasteiger partial charge >= 0.3 is 0 Å². The largest absolute Gasteiger partial charge is 0.379 e. The number of carbonyl (C=O) groups excluding carboxylic acids is 2. The summed E-state index contributed by atoms with van der Waals surface area (Å²) in [4.78, 5) is 25.9. The van der Waals surface area contributed by atoms with Crippen molar-refractivity contribution in [2.45, 2.75) is 64.3 Å². The molecule has 1 heterocycles. The Bertz CT molecular complexity index is 525. The molecular formula is C21H36F2N2O4. The van der Waals surface area contributed by atoms with E-state index in [2.05, 4.69) is 5.32 Å². The number of alkyl halides is 2. The zero-order valence-electron chi connectivity index (χ0n) is 17.8. The molecule has 2 fully saturated rings. The molecule has 29 heavy (non-hydrogen) atoms. The summed E-state index contributed by atoms with van der Waals surface area (Å²) in [5, 5.41) is 2.58. The minimum atomic E-state index is -3.05. The van der Waals surface area contributed by atoms with Gasteiger partial charge in [-0.2, -0.15) is 0 Å². The van der Waals surface area contributed by atoms with Gasteiger partial charge in [0.1, 0.15) is 11.7 Å². The third kappa shape index (κ3) is 7.26. The number of likely N-dealkylation sites (tertiary alicyclic amines) is 1. The third-order valence-corrected chi connectivity index (χ3v) is 6.08. The van der Waals surface area contributed by atoms with E-state index in [0.29, 0.717) is 32.8 Å². The Kier molecular flexibility index (Phi) is 9.92. The molecule has 0 radical (unpaired) electrons. The second kappa shape index (κ2) is 11.9. The fraction of sp³-hybridized carbons (Fsp3) is 0.905. The zero-order chi connectivity index (χ0) is 21.3. The number of ether oxygens (including phenoxy) is 2. The molecule has 6 nitrogen and oxygen atoms in total. The van der Waals surface area contributed by atoms with Crippen LogP contribution in [0.1, 0.15) is 52.4 Å². The van der Waals surface area contributed by atoms with Crippen LogP contribution in [0.25, 0.3) is 0 Å². The second-order valence-corrected chi connectivity index (χ2v) is 8.00. The monoisotopic (exact) mass is 418 g/mol. The Morgan fingerprint density at radius 2 is 1.72 bits per heavy atom. The molecule has 2 aliphatic rings. The first-order valence-electron chi connectivity index (χ1n) is 11.0. The van der Waals surface area contributed by atoms with E-state index in [1.54, 1.807) is 0 Å². The SMILES string of the molecule is CCOCCOCCNC(=O)C1CCN(C2CCC(C(=O)CC)CC2)CC1(F)F. The van der Waals surface area contributed by atoms with Gasteiger partial charge in [0.05, 0.1) is 26.4 Å². The van der Waals surface area contributed by atoms with Crippen molar-refractivity contribution in [3.63, 3.8) is 0 Å². The third-order valence-electron chi connectivity index (χ3n) is 6.08. The van der Waals surface area contributed by atoms with Gasteiger partial charge in [0.2, 0.25) is 5.91 Å². The molecule has 0 aromatic heterocycles. The summed E-state index contributed by atoms with van der Waals surface area (Å²) >= 11 is 0. The average Bonchev–Trinajstić information content (AvgIpc) is 2.71. The highest BCUT2D eigenvalue weighted by atomic mass is 19.3. The highest BCUT2D eigenvalue weighted by molar-refractivity contribution is 5.80. The summed E-state index contributed by atoms with van der Waals surface area (Å²) < 4.78 is 39.8. The maximum atomic E-state index is 14.7. The molecule has 168 valence electrons. The lowest BCUT2D eigenvalue weighted by molar-refractivity contribution is -0.155. The predicted molar refractivity (Wildman–Crippen MR) is 106 cm³/mol. The summed E-state index contributed by atoms with van der Waals surface area (Å²) in [6.07, 6.45) is 3.83. The van der Waals surface area contributed by atoms with Crippen LogP contribution >= 0.6 is 0 Å². The number of hydrogen-bond acceptors (Lipinski definition) is 5. The first-order chi connectivity index (χ1) is 13.9. The minimum Gasteiger partial charge on any atom is -0.379 e. The summed E-state index contributed by atoms with van der Waals surface area (Å²) in [7, 11) is 0. The Morgan fingerprint density at radius 1 is 1.03 bits per heavy atom. The maximum Gasteiger partial charge on any atom is 0.272 e. The quantitative estimate of drug-likeness (QED) is 0.523. The smallest absolute Gasteiger partial charge is 0.272 e. The van der Waals surface area contributed by atoms with E-state index in [0.717, 1.165) is 25.7 Å². The summed E-state index contributed by atoms with van der Waals surface area (Å²) in [6, 6.07) is 0.0875. The molecule has 0 spiro atoms. The Balaban J connectivity index is 1.72. The molecule has 1 amide bonds. The first-order valence-corrected chi connectivity index (χ1v) is 11.0. The van der Waals surface area contributed by atoms with Crippen molar-refractivity contribution in [3.8, 4) is 0 Å². The molecule has 1 N–H and O–H groups in total. The molecule has 1 unspecified atom stereocenters. The lowest BCUT2D eigenvalue weighted by Crippen LogP contribution is -2.56.